The van der Waals surface area contributed by atoms with Gasteiger partial charge in [0.2, 0.25) is 5.91 Å². The number of nitrogens with one attached hydrogen (secondary N) is 1. The Hall–Kier alpha value is -1.50. The van der Waals surface area contributed by atoms with Gasteiger partial charge in [0.25, 0.3) is 6.43 Å². The molecule has 3 rings (SSSR count). The van der Waals surface area contributed by atoms with Crippen LogP contribution in [0.15, 0.2) is 0 Å². The molecule has 0 saturated carbocycles. The molecule has 0 aliphatic carbocycles. The quantitative estimate of drug-likeness (QED) is 0.930. The predicted octanol–water partition coefficient (Wildman–Crippen LogP) is 2.10. The van der Waals surface area contributed by atoms with Gasteiger partial charge in [-0.2, -0.15) is 5.10 Å². The van der Waals surface area contributed by atoms with E-state index in [9.17, 15) is 13.6 Å². The molecule has 0 radical (unpaired) electrons. The maximum absolute atomic E-state index is 13.0. The predicted molar refractivity (Wildman–Crippen MR) is 77.5 cm³/mol. The van der Waals surface area contributed by atoms with E-state index in [2.05, 4.69) is 10.2 Å². The van der Waals surface area contributed by atoms with Crippen LogP contribution >= 0.6 is 0 Å². The molecule has 1 aromatic heterocycles. The summed E-state index contributed by atoms with van der Waals surface area (Å²) in [6.07, 6.45) is -0.167. The van der Waals surface area contributed by atoms with E-state index in [0.29, 0.717) is 25.1 Å². The van der Waals surface area contributed by atoms with Crippen molar-refractivity contribution in [1.82, 2.24) is 20.0 Å². The standard InChI is InChI=1S/C15H22F2N4O/c1-9(2)21-6-3-4-12(15(21)22)20-7-5-11-10(8-20)13(14(16)17)19-18-11/h9,12,14H,3-8H2,1-2H3,(H,18,19). The number of aromatic amines is 1. The van der Waals surface area contributed by atoms with Crippen molar-refractivity contribution in [1.29, 1.82) is 0 Å². The fourth-order valence-corrected chi connectivity index (χ4v) is 3.52. The van der Waals surface area contributed by atoms with Crippen molar-refractivity contribution >= 4 is 5.91 Å². The first-order valence-corrected chi connectivity index (χ1v) is 7.87. The molecule has 1 fully saturated rings. The number of hydrogen-bond acceptors (Lipinski definition) is 3. The Morgan fingerprint density at radius 1 is 1.32 bits per heavy atom. The van der Waals surface area contributed by atoms with Gasteiger partial charge < -0.3 is 4.90 Å². The third-order valence-electron chi connectivity index (χ3n) is 4.71. The number of carbonyl (C=O) groups is 1. The first-order chi connectivity index (χ1) is 10.5. The van der Waals surface area contributed by atoms with E-state index >= 15 is 0 Å². The van der Waals surface area contributed by atoms with Crippen molar-refractivity contribution in [3.8, 4) is 0 Å². The van der Waals surface area contributed by atoms with E-state index in [1.165, 1.54) is 0 Å². The highest BCUT2D eigenvalue weighted by molar-refractivity contribution is 5.83. The van der Waals surface area contributed by atoms with E-state index in [-0.39, 0.29) is 23.7 Å². The summed E-state index contributed by atoms with van der Waals surface area (Å²) in [5.41, 5.74) is 1.20. The molecule has 7 heteroatoms. The highest BCUT2D eigenvalue weighted by Gasteiger charge is 2.37. The van der Waals surface area contributed by atoms with Gasteiger partial charge in [-0.25, -0.2) is 8.78 Å². The van der Waals surface area contributed by atoms with Gasteiger partial charge in [-0.05, 0) is 26.7 Å². The molecule has 2 aliphatic rings. The van der Waals surface area contributed by atoms with Crippen LogP contribution in [-0.4, -0.2) is 51.1 Å². The highest BCUT2D eigenvalue weighted by Crippen LogP contribution is 2.30. The van der Waals surface area contributed by atoms with Gasteiger partial charge in [-0.3, -0.25) is 14.8 Å². The van der Waals surface area contributed by atoms with Crippen LogP contribution < -0.4 is 0 Å². The van der Waals surface area contributed by atoms with Crippen molar-refractivity contribution < 1.29 is 13.6 Å². The number of fused-ring (bicyclic) bond motifs is 1. The van der Waals surface area contributed by atoms with Crippen LogP contribution in [0, 0.1) is 0 Å². The minimum atomic E-state index is -2.57. The Bertz CT molecular complexity index is 558. The second-order valence-electron chi connectivity index (χ2n) is 6.37. The zero-order valence-corrected chi connectivity index (χ0v) is 13.0. The smallest absolute Gasteiger partial charge is 0.282 e. The summed E-state index contributed by atoms with van der Waals surface area (Å²) in [6, 6.07) is -0.00840. The number of piperidine rings is 1. The van der Waals surface area contributed by atoms with Gasteiger partial charge in [0.05, 0.1) is 6.04 Å². The number of hydrogen-bond donors (Lipinski definition) is 1. The fraction of sp³-hybridized carbons (Fsp3) is 0.733. The number of amides is 1. The van der Waals surface area contributed by atoms with Crippen LogP contribution in [0.4, 0.5) is 8.78 Å². The van der Waals surface area contributed by atoms with Crippen LogP contribution in [0.3, 0.4) is 0 Å². The van der Waals surface area contributed by atoms with Crippen molar-refractivity contribution in [3.63, 3.8) is 0 Å². The number of carbonyl (C=O) groups excluding carboxylic acids is 1. The third kappa shape index (κ3) is 2.62. The van der Waals surface area contributed by atoms with Crippen molar-refractivity contribution in [2.75, 3.05) is 13.1 Å². The molecule has 1 aromatic rings. The van der Waals surface area contributed by atoms with Crippen molar-refractivity contribution in [2.45, 2.75) is 58.2 Å². The van der Waals surface area contributed by atoms with Crippen LogP contribution in [0.2, 0.25) is 0 Å². The van der Waals surface area contributed by atoms with E-state index in [1.807, 2.05) is 23.6 Å². The van der Waals surface area contributed by atoms with E-state index in [4.69, 9.17) is 0 Å². The number of halogens is 2. The Kier molecular flexibility index (Phi) is 4.16. The Morgan fingerprint density at radius 2 is 2.09 bits per heavy atom. The summed E-state index contributed by atoms with van der Waals surface area (Å²) in [5, 5.41) is 6.46. The average molecular weight is 312 g/mol. The van der Waals surface area contributed by atoms with Gasteiger partial charge in [0.15, 0.2) is 0 Å². The highest BCUT2D eigenvalue weighted by atomic mass is 19.3. The number of aromatic nitrogens is 2. The lowest BCUT2D eigenvalue weighted by Crippen LogP contribution is -2.55. The molecule has 1 N–H and O–H groups in total. The zero-order chi connectivity index (χ0) is 15.9. The topological polar surface area (TPSA) is 52.2 Å². The monoisotopic (exact) mass is 312 g/mol. The molecule has 1 unspecified atom stereocenters. The summed E-state index contributed by atoms with van der Waals surface area (Å²) < 4.78 is 26.1. The van der Waals surface area contributed by atoms with E-state index < -0.39 is 6.43 Å². The Morgan fingerprint density at radius 3 is 2.77 bits per heavy atom. The SMILES string of the molecule is CC(C)N1CCCC(N2CCc3[nH]nc(C(F)F)c3C2)C1=O. The minimum absolute atomic E-state index is 0.131. The van der Waals surface area contributed by atoms with Gasteiger partial charge in [-0.1, -0.05) is 0 Å². The van der Waals surface area contributed by atoms with Crippen LogP contribution in [0.5, 0.6) is 0 Å². The molecule has 0 aromatic carbocycles. The average Bonchev–Trinajstić information content (AvgIpc) is 2.90. The second kappa shape index (κ2) is 5.95. The normalized spacial score (nSPS) is 23.5. The van der Waals surface area contributed by atoms with Gasteiger partial charge >= 0.3 is 0 Å². The van der Waals surface area contributed by atoms with E-state index in [0.717, 1.165) is 25.1 Å². The molecule has 1 saturated heterocycles. The summed E-state index contributed by atoms with van der Waals surface area (Å²) in [6.45, 7) is 5.91. The molecule has 1 amide bonds. The minimum Gasteiger partial charge on any atom is -0.339 e. The molecule has 1 atom stereocenters. The lowest BCUT2D eigenvalue weighted by atomic mass is 9.97. The number of nitrogens with zero attached hydrogens (tertiary/aromatic N) is 3. The van der Waals surface area contributed by atoms with Gasteiger partial charge in [-0.15, -0.1) is 0 Å². The van der Waals surface area contributed by atoms with E-state index in [1.54, 1.807) is 0 Å². The largest absolute Gasteiger partial charge is 0.339 e. The van der Waals surface area contributed by atoms with Gasteiger partial charge in [0, 0.05) is 43.4 Å². The molecular formula is C15H22F2N4O. The summed E-state index contributed by atoms with van der Waals surface area (Å²) in [4.78, 5) is 16.6. The van der Waals surface area contributed by atoms with Gasteiger partial charge in [0.1, 0.15) is 5.69 Å². The molecule has 5 nitrogen and oxygen atoms in total. The molecule has 0 bridgehead atoms. The third-order valence-corrected chi connectivity index (χ3v) is 4.71. The number of rotatable bonds is 3. The Labute approximate surface area is 128 Å². The zero-order valence-electron chi connectivity index (χ0n) is 13.0. The van der Waals surface area contributed by atoms with Crippen LogP contribution in [0.25, 0.3) is 0 Å². The Balaban J connectivity index is 1.79. The second-order valence-corrected chi connectivity index (χ2v) is 6.37. The molecular weight excluding hydrogens is 290 g/mol. The lowest BCUT2D eigenvalue weighted by molar-refractivity contribution is -0.142. The maximum Gasteiger partial charge on any atom is 0.282 e. The molecule has 0 spiro atoms. The molecule has 2 aliphatic heterocycles. The number of H-pyrrole nitrogens is 1. The summed E-state index contributed by atoms with van der Waals surface area (Å²) >= 11 is 0. The first-order valence-electron chi connectivity index (χ1n) is 7.87. The number of alkyl halides is 2. The maximum atomic E-state index is 13.0. The van der Waals surface area contributed by atoms with Crippen LogP contribution in [-0.2, 0) is 17.8 Å². The summed E-state index contributed by atoms with van der Waals surface area (Å²) in [7, 11) is 0. The first kappa shape index (κ1) is 15.4. The lowest BCUT2D eigenvalue weighted by Gasteiger charge is -2.41. The molecule has 22 heavy (non-hydrogen) atoms. The van der Waals surface area contributed by atoms with Crippen molar-refractivity contribution in [2.24, 2.45) is 0 Å². The van der Waals surface area contributed by atoms with Crippen LogP contribution in [0.1, 0.15) is 50.1 Å². The molecule has 122 valence electrons. The number of likely N-dealkylation sites (tertiary alicyclic amines) is 1. The summed E-state index contributed by atoms with van der Waals surface area (Å²) in [5.74, 6) is 0.131. The molecule has 3 heterocycles. The van der Waals surface area contributed by atoms with Crippen molar-refractivity contribution in [3.05, 3.63) is 17.0 Å². The fourth-order valence-electron chi connectivity index (χ4n) is 3.52.